The third-order valence-electron chi connectivity index (χ3n) is 10.7. The summed E-state index contributed by atoms with van der Waals surface area (Å²) in [6.45, 7) is 0. The topological polar surface area (TPSA) is 17.4 Å². The minimum atomic E-state index is 0.836. The summed E-state index contributed by atoms with van der Waals surface area (Å²) >= 11 is 0. The minimum absolute atomic E-state index is 0.836. The van der Waals surface area contributed by atoms with Crippen LogP contribution in [0.2, 0.25) is 0 Å². The van der Waals surface area contributed by atoms with Crippen LogP contribution in [0.25, 0.3) is 71.3 Å². The molecule has 3 heteroatoms. The van der Waals surface area contributed by atoms with E-state index in [-0.39, 0.29) is 0 Å². The fourth-order valence-corrected chi connectivity index (χ4v) is 8.17. The summed E-state index contributed by atoms with van der Waals surface area (Å²) in [4.78, 5) is 2.36. The van der Waals surface area contributed by atoms with Gasteiger partial charge in [-0.2, -0.15) is 0 Å². The lowest BCUT2D eigenvalue weighted by Crippen LogP contribution is -2.16. The van der Waals surface area contributed by atoms with Crippen LogP contribution in [-0.2, 0) is 0 Å². The van der Waals surface area contributed by atoms with Gasteiger partial charge in [-0.3, -0.25) is 0 Å². The highest BCUT2D eigenvalue weighted by atomic mass is 16.5. The van der Waals surface area contributed by atoms with Gasteiger partial charge in [0.2, 0.25) is 0 Å². The van der Waals surface area contributed by atoms with Crippen molar-refractivity contribution in [2.45, 2.75) is 0 Å². The van der Waals surface area contributed by atoms with Gasteiger partial charge in [-0.25, -0.2) is 0 Å². The Hall–Kier alpha value is -7.10. The summed E-state index contributed by atoms with van der Waals surface area (Å²) in [7, 11) is 0. The van der Waals surface area contributed by atoms with Crippen LogP contribution in [0, 0.1) is 0 Å². The number of fused-ring (bicyclic) bond motifs is 8. The van der Waals surface area contributed by atoms with Gasteiger partial charge in [0.1, 0.15) is 0 Å². The van der Waals surface area contributed by atoms with Gasteiger partial charge in [0.25, 0.3) is 0 Å². The first kappa shape index (κ1) is 29.6. The van der Waals surface area contributed by atoms with Crippen LogP contribution in [0.3, 0.4) is 0 Å². The fraction of sp³-hybridized carbons (Fsp3) is 0. The molecule has 0 bridgehead atoms. The maximum Gasteiger partial charge on any atom is 0.159 e. The molecule has 0 amide bonds. The Morgan fingerprint density at radius 3 is 1.83 bits per heavy atom. The molecular weight excluding hydrogens is 645 g/mol. The summed E-state index contributed by atoms with van der Waals surface area (Å²) in [5.74, 6) is 1.71. The van der Waals surface area contributed by atoms with Crippen molar-refractivity contribution >= 4 is 60.4 Å². The third-order valence-corrected chi connectivity index (χ3v) is 10.7. The van der Waals surface area contributed by atoms with Crippen LogP contribution in [0.5, 0.6) is 11.5 Å². The first-order chi connectivity index (χ1) is 26.3. The normalized spacial score (nSPS) is 12.3. The molecule has 0 aliphatic carbocycles. The molecular formula is C50H32N2O. The van der Waals surface area contributed by atoms with Gasteiger partial charge in [0.05, 0.1) is 22.4 Å². The predicted molar refractivity (Wildman–Crippen MR) is 221 cm³/mol. The highest BCUT2D eigenvalue weighted by Crippen LogP contribution is 2.54. The van der Waals surface area contributed by atoms with Gasteiger partial charge in [-0.05, 0) is 99.1 Å². The van der Waals surface area contributed by atoms with E-state index >= 15 is 0 Å². The maximum absolute atomic E-state index is 6.79. The van der Waals surface area contributed by atoms with Crippen LogP contribution in [0.15, 0.2) is 194 Å². The van der Waals surface area contributed by atoms with Crippen LogP contribution < -0.4 is 9.64 Å². The molecule has 0 radical (unpaired) electrons. The van der Waals surface area contributed by atoms with Crippen molar-refractivity contribution in [1.82, 2.24) is 4.57 Å². The van der Waals surface area contributed by atoms with E-state index in [4.69, 9.17) is 4.74 Å². The van der Waals surface area contributed by atoms with E-state index in [2.05, 4.69) is 204 Å². The smallest absolute Gasteiger partial charge is 0.159 e. The molecule has 3 nitrogen and oxygen atoms in total. The molecule has 0 N–H and O–H groups in total. The molecule has 0 saturated carbocycles. The first-order valence-electron chi connectivity index (χ1n) is 18.1. The molecule has 0 spiro atoms. The second-order valence-corrected chi connectivity index (χ2v) is 13.8. The van der Waals surface area contributed by atoms with Crippen molar-refractivity contribution in [1.29, 1.82) is 0 Å². The number of ether oxygens (including phenoxy) is 1. The molecule has 0 atom stereocenters. The minimum Gasteiger partial charge on any atom is -0.452 e. The monoisotopic (exact) mass is 676 g/mol. The van der Waals surface area contributed by atoms with Crippen molar-refractivity contribution in [2.24, 2.45) is 0 Å². The summed E-state index contributed by atoms with van der Waals surface area (Å²) in [5.41, 5.74) is 11.4. The number of para-hydroxylation sites is 1. The predicted octanol–water partition coefficient (Wildman–Crippen LogP) is 14.0. The van der Waals surface area contributed by atoms with E-state index in [1.165, 1.54) is 43.7 Å². The van der Waals surface area contributed by atoms with Gasteiger partial charge < -0.3 is 14.2 Å². The molecule has 2 heterocycles. The van der Waals surface area contributed by atoms with Gasteiger partial charge in [-0.15, -0.1) is 0 Å². The van der Waals surface area contributed by atoms with Gasteiger partial charge in [0.15, 0.2) is 11.5 Å². The Morgan fingerprint density at radius 1 is 0.340 bits per heavy atom. The van der Waals surface area contributed by atoms with Crippen molar-refractivity contribution in [3.8, 4) is 39.4 Å². The van der Waals surface area contributed by atoms with Gasteiger partial charge in [0, 0.05) is 27.5 Å². The molecule has 0 fully saturated rings. The second kappa shape index (κ2) is 11.7. The number of hydrogen-bond acceptors (Lipinski definition) is 2. The number of benzene rings is 9. The van der Waals surface area contributed by atoms with E-state index in [0.29, 0.717) is 0 Å². The number of nitrogens with zero attached hydrogens (tertiary/aromatic N) is 2. The fourth-order valence-electron chi connectivity index (χ4n) is 8.17. The highest BCUT2D eigenvalue weighted by Gasteiger charge is 2.28. The van der Waals surface area contributed by atoms with Crippen LogP contribution >= 0.6 is 0 Å². The van der Waals surface area contributed by atoms with Crippen molar-refractivity contribution in [2.75, 3.05) is 4.90 Å². The maximum atomic E-state index is 6.79. The largest absolute Gasteiger partial charge is 0.452 e. The summed E-state index contributed by atoms with van der Waals surface area (Å²) in [6.07, 6.45) is 0. The van der Waals surface area contributed by atoms with Crippen molar-refractivity contribution in [3.05, 3.63) is 194 Å². The van der Waals surface area contributed by atoms with Crippen molar-refractivity contribution in [3.63, 3.8) is 0 Å². The lowest BCUT2D eigenvalue weighted by Gasteiger charge is -2.34. The molecule has 9 aromatic carbocycles. The Morgan fingerprint density at radius 2 is 0.962 bits per heavy atom. The zero-order chi connectivity index (χ0) is 34.9. The van der Waals surface area contributed by atoms with Gasteiger partial charge in [-0.1, -0.05) is 133 Å². The molecule has 53 heavy (non-hydrogen) atoms. The van der Waals surface area contributed by atoms with Crippen LogP contribution in [-0.4, -0.2) is 4.57 Å². The number of rotatable bonds is 4. The average molecular weight is 677 g/mol. The molecule has 248 valence electrons. The SMILES string of the molecule is c1ccc(-c2ccc(-n3c4ccccc4c4cc(-c5ccc6c(c5)N(c5ccc7ccccc7c5)c5ccc7ccccc7c5O6)ccc43)cc2)cc1. The Balaban J connectivity index is 1.06. The summed E-state index contributed by atoms with van der Waals surface area (Å²) < 4.78 is 9.17. The Bertz CT molecular complexity index is 3030. The third kappa shape index (κ3) is 4.75. The molecule has 0 saturated heterocycles. The Labute approximate surface area is 307 Å². The molecule has 11 rings (SSSR count). The standard InChI is InChI=1S/C50H32N2O/c1-2-10-33(11-3-1)35-18-24-40(25-19-35)51-45-17-9-8-16-43(45)44-31-38(22-27-46(44)51)39-23-29-49-48(32-39)52(41-26-20-34-12-4-5-14-37(34)30-41)47-28-21-36-13-6-7-15-42(36)50(47)53-49/h1-32H. The lowest BCUT2D eigenvalue weighted by atomic mass is 9.99. The van der Waals surface area contributed by atoms with E-state index < -0.39 is 0 Å². The molecule has 1 aromatic heterocycles. The first-order valence-corrected chi connectivity index (χ1v) is 18.1. The highest BCUT2D eigenvalue weighted by molar-refractivity contribution is 6.11. The van der Waals surface area contributed by atoms with E-state index in [1.807, 2.05) is 0 Å². The molecule has 0 unspecified atom stereocenters. The number of hydrogen-bond donors (Lipinski definition) is 0. The zero-order valence-corrected chi connectivity index (χ0v) is 28.8. The van der Waals surface area contributed by atoms with Crippen LogP contribution in [0.1, 0.15) is 0 Å². The summed E-state index contributed by atoms with van der Waals surface area (Å²) in [5, 5.41) is 7.13. The second-order valence-electron chi connectivity index (χ2n) is 13.8. The van der Waals surface area contributed by atoms with E-state index in [9.17, 15) is 0 Å². The summed E-state index contributed by atoms with van der Waals surface area (Å²) in [6, 6.07) is 69.7. The zero-order valence-electron chi connectivity index (χ0n) is 28.8. The molecule has 10 aromatic rings. The lowest BCUT2D eigenvalue weighted by molar-refractivity contribution is 0.482. The van der Waals surface area contributed by atoms with E-state index in [1.54, 1.807) is 0 Å². The Kier molecular flexibility index (Phi) is 6.55. The van der Waals surface area contributed by atoms with Gasteiger partial charge >= 0.3 is 0 Å². The average Bonchev–Trinajstić information content (AvgIpc) is 3.56. The molecule has 1 aliphatic heterocycles. The number of anilines is 3. The quantitative estimate of drug-likeness (QED) is 0.185. The van der Waals surface area contributed by atoms with E-state index in [0.717, 1.165) is 56.1 Å². The molecule has 1 aliphatic rings. The number of aromatic nitrogens is 1. The van der Waals surface area contributed by atoms with Crippen molar-refractivity contribution < 1.29 is 4.74 Å². The van der Waals surface area contributed by atoms with Crippen LogP contribution in [0.4, 0.5) is 17.1 Å².